The van der Waals surface area contributed by atoms with Crippen molar-refractivity contribution in [3.05, 3.63) is 51.8 Å². The molecule has 3 rings (SSSR count). The first-order chi connectivity index (χ1) is 11.5. The Morgan fingerprint density at radius 3 is 2.71 bits per heavy atom. The van der Waals surface area contributed by atoms with E-state index in [1.54, 1.807) is 24.3 Å². The molecule has 0 spiro atoms. The van der Waals surface area contributed by atoms with Gasteiger partial charge in [-0.25, -0.2) is 13.5 Å². The summed E-state index contributed by atoms with van der Waals surface area (Å²) in [6, 6.07) is 9.35. The van der Waals surface area contributed by atoms with Gasteiger partial charge in [-0.3, -0.25) is 4.79 Å². The molecule has 2 aromatic rings. The molecule has 8 heteroatoms. The number of ether oxygens (including phenoxy) is 1. The van der Waals surface area contributed by atoms with Crippen LogP contribution in [0.15, 0.2) is 46.1 Å². The van der Waals surface area contributed by atoms with Crippen LogP contribution in [0.3, 0.4) is 0 Å². The Kier molecular flexibility index (Phi) is 4.91. The zero-order chi connectivity index (χ0) is 17.2. The number of aromatic nitrogens is 2. The van der Waals surface area contributed by atoms with Crippen LogP contribution in [0.1, 0.15) is 19.3 Å². The van der Waals surface area contributed by atoms with Crippen LogP contribution in [0.25, 0.3) is 0 Å². The highest BCUT2D eigenvalue weighted by atomic mass is 35.5. The number of sulfone groups is 1. The first kappa shape index (κ1) is 17.0. The monoisotopic (exact) mass is 368 g/mol. The van der Waals surface area contributed by atoms with Crippen molar-refractivity contribution in [2.24, 2.45) is 5.92 Å². The lowest BCUT2D eigenvalue weighted by Gasteiger charge is -2.14. The Morgan fingerprint density at radius 1 is 1.21 bits per heavy atom. The standard InChI is InChI=1S/C16H17ClN2O4S/c17-13-3-1-2-4-14(13)24(21,22)12-6-5-11(9-12)10-23-16-8-7-15(20)18-19-16/h1-4,7-8,11-12H,5-6,9-10H2,(H,18,20). The molecule has 6 nitrogen and oxygen atoms in total. The van der Waals surface area contributed by atoms with Crippen molar-refractivity contribution in [3.63, 3.8) is 0 Å². The molecule has 24 heavy (non-hydrogen) atoms. The summed E-state index contributed by atoms with van der Waals surface area (Å²) in [6.45, 7) is 0.369. The third kappa shape index (κ3) is 3.62. The Labute approximate surface area is 144 Å². The maximum atomic E-state index is 12.7. The predicted molar refractivity (Wildman–Crippen MR) is 90.1 cm³/mol. The summed E-state index contributed by atoms with van der Waals surface area (Å²) in [5.74, 6) is 0.452. The van der Waals surface area contributed by atoms with E-state index in [1.807, 2.05) is 0 Å². The van der Waals surface area contributed by atoms with Gasteiger partial charge in [-0.05, 0) is 37.3 Å². The molecule has 1 aliphatic carbocycles. The van der Waals surface area contributed by atoms with E-state index in [0.29, 0.717) is 25.3 Å². The molecule has 0 aliphatic heterocycles. The summed E-state index contributed by atoms with van der Waals surface area (Å²) < 4.78 is 31.0. The Balaban J connectivity index is 1.63. The number of hydrogen-bond acceptors (Lipinski definition) is 5. The van der Waals surface area contributed by atoms with Gasteiger partial charge in [0.1, 0.15) is 0 Å². The molecule has 0 radical (unpaired) electrons. The average molecular weight is 369 g/mol. The predicted octanol–water partition coefficient (Wildman–Crippen LogP) is 2.44. The van der Waals surface area contributed by atoms with E-state index >= 15 is 0 Å². The number of H-pyrrole nitrogens is 1. The van der Waals surface area contributed by atoms with Crippen molar-refractivity contribution in [2.75, 3.05) is 6.61 Å². The molecule has 1 heterocycles. The molecule has 128 valence electrons. The lowest BCUT2D eigenvalue weighted by molar-refractivity contribution is 0.241. The van der Waals surface area contributed by atoms with E-state index in [-0.39, 0.29) is 21.4 Å². The van der Waals surface area contributed by atoms with Crippen LogP contribution < -0.4 is 10.3 Å². The summed E-state index contributed by atoms with van der Waals surface area (Å²) in [7, 11) is -3.44. The highest BCUT2D eigenvalue weighted by Crippen LogP contribution is 2.36. The van der Waals surface area contributed by atoms with Crippen LogP contribution in [0.5, 0.6) is 5.88 Å². The summed E-state index contributed by atoms with van der Waals surface area (Å²) in [4.78, 5) is 11.1. The second-order valence-corrected chi connectivity index (χ2v) is 8.45. The molecule has 1 aliphatic rings. The SMILES string of the molecule is O=c1ccc(OCC2CCC(S(=O)(=O)c3ccccc3Cl)C2)n[nH]1. The van der Waals surface area contributed by atoms with E-state index in [2.05, 4.69) is 10.2 Å². The number of benzene rings is 1. The number of nitrogens with zero attached hydrogens (tertiary/aromatic N) is 1. The number of halogens is 1. The largest absolute Gasteiger partial charge is 0.476 e. The molecule has 1 N–H and O–H groups in total. The second kappa shape index (κ2) is 6.94. The first-order valence-corrected chi connectivity index (χ1v) is 9.56. The van der Waals surface area contributed by atoms with E-state index in [9.17, 15) is 13.2 Å². The molecule has 0 saturated heterocycles. The number of hydrogen-bond donors (Lipinski definition) is 1. The highest BCUT2D eigenvalue weighted by molar-refractivity contribution is 7.92. The third-order valence-corrected chi connectivity index (χ3v) is 6.91. The summed E-state index contributed by atoms with van der Waals surface area (Å²) in [6.07, 6.45) is 1.87. The quantitative estimate of drug-likeness (QED) is 0.875. The van der Waals surface area contributed by atoms with Gasteiger partial charge in [-0.1, -0.05) is 23.7 Å². The van der Waals surface area contributed by atoms with Gasteiger partial charge in [0, 0.05) is 12.1 Å². The van der Waals surface area contributed by atoms with Gasteiger partial charge in [0.15, 0.2) is 9.84 Å². The van der Waals surface area contributed by atoms with Gasteiger partial charge in [0.25, 0.3) is 5.56 Å². The van der Waals surface area contributed by atoms with Crippen LogP contribution in [0.2, 0.25) is 5.02 Å². The van der Waals surface area contributed by atoms with E-state index in [1.165, 1.54) is 12.1 Å². The molecule has 1 fully saturated rings. The zero-order valence-corrected chi connectivity index (χ0v) is 14.4. The molecule has 2 unspecified atom stereocenters. The smallest absolute Gasteiger partial charge is 0.264 e. The number of nitrogens with one attached hydrogen (secondary N) is 1. The fourth-order valence-electron chi connectivity index (χ4n) is 2.93. The lowest BCUT2D eigenvalue weighted by Crippen LogP contribution is -2.20. The fraction of sp³-hybridized carbons (Fsp3) is 0.375. The van der Waals surface area contributed by atoms with Crippen molar-refractivity contribution >= 4 is 21.4 Å². The maximum absolute atomic E-state index is 12.7. The minimum atomic E-state index is -3.44. The Bertz CT molecular complexity index is 861. The fourth-order valence-corrected chi connectivity index (χ4v) is 5.33. The number of aromatic amines is 1. The topological polar surface area (TPSA) is 89.1 Å². The minimum Gasteiger partial charge on any atom is -0.476 e. The molecular formula is C16H17ClN2O4S. The molecule has 1 aromatic carbocycles. The van der Waals surface area contributed by atoms with Crippen molar-refractivity contribution in [1.82, 2.24) is 10.2 Å². The van der Waals surface area contributed by atoms with Gasteiger partial charge in [-0.15, -0.1) is 5.10 Å². The first-order valence-electron chi connectivity index (χ1n) is 7.64. The van der Waals surface area contributed by atoms with Gasteiger partial charge >= 0.3 is 0 Å². The Morgan fingerprint density at radius 2 is 2.00 bits per heavy atom. The maximum Gasteiger partial charge on any atom is 0.264 e. The van der Waals surface area contributed by atoms with E-state index in [0.717, 1.165) is 6.42 Å². The van der Waals surface area contributed by atoms with Crippen LogP contribution in [0, 0.1) is 5.92 Å². The minimum absolute atomic E-state index is 0.126. The van der Waals surface area contributed by atoms with Crippen molar-refractivity contribution < 1.29 is 13.2 Å². The van der Waals surface area contributed by atoms with Gasteiger partial charge in [-0.2, -0.15) is 0 Å². The van der Waals surface area contributed by atoms with Gasteiger partial charge in [0.2, 0.25) is 5.88 Å². The average Bonchev–Trinajstić information content (AvgIpc) is 3.04. The molecule has 1 aromatic heterocycles. The van der Waals surface area contributed by atoms with Crippen LogP contribution >= 0.6 is 11.6 Å². The third-order valence-electron chi connectivity index (χ3n) is 4.20. The van der Waals surface area contributed by atoms with Gasteiger partial charge in [0.05, 0.1) is 21.8 Å². The Hall–Kier alpha value is -1.86. The van der Waals surface area contributed by atoms with Crippen LogP contribution in [-0.4, -0.2) is 30.5 Å². The molecule has 1 saturated carbocycles. The molecule has 2 atom stereocenters. The van der Waals surface area contributed by atoms with Gasteiger partial charge < -0.3 is 4.74 Å². The van der Waals surface area contributed by atoms with E-state index in [4.69, 9.17) is 16.3 Å². The normalized spacial score (nSPS) is 20.9. The van der Waals surface area contributed by atoms with Crippen molar-refractivity contribution in [1.29, 1.82) is 0 Å². The van der Waals surface area contributed by atoms with Crippen LogP contribution in [-0.2, 0) is 9.84 Å². The second-order valence-electron chi connectivity index (χ2n) is 5.85. The lowest BCUT2D eigenvalue weighted by atomic mass is 10.1. The summed E-state index contributed by atoms with van der Waals surface area (Å²) in [5.41, 5.74) is -0.297. The number of rotatable bonds is 5. The van der Waals surface area contributed by atoms with Crippen molar-refractivity contribution in [2.45, 2.75) is 29.4 Å². The zero-order valence-electron chi connectivity index (χ0n) is 12.8. The van der Waals surface area contributed by atoms with Crippen LogP contribution in [0.4, 0.5) is 0 Å². The van der Waals surface area contributed by atoms with E-state index < -0.39 is 15.1 Å². The van der Waals surface area contributed by atoms with Crippen molar-refractivity contribution in [3.8, 4) is 5.88 Å². The molecule has 0 bridgehead atoms. The molecule has 0 amide bonds. The summed E-state index contributed by atoms with van der Waals surface area (Å²) >= 11 is 6.04. The highest BCUT2D eigenvalue weighted by Gasteiger charge is 2.36. The molecular weight excluding hydrogens is 352 g/mol. The summed E-state index contributed by atoms with van der Waals surface area (Å²) in [5, 5.41) is 5.88.